The average molecular weight is 305 g/mol. The van der Waals surface area contributed by atoms with Gasteiger partial charge in [-0.25, -0.2) is 0 Å². The number of aromatic nitrogens is 3. The Hall–Kier alpha value is -2.04. The fourth-order valence-electron chi connectivity index (χ4n) is 1.92. The van der Waals surface area contributed by atoms with E-state index in [4.69, 9.17) is 28.9 Å². The van der Waals surface area contributed by atoms with E-state index in [0.717, 1.165) is 11.3 Å². The summed E-state index contributed by atoms with van der Waals surface area (Å²) in [6.07, 6.45) is 1.64. The van der Waals surface area contributed by atoms with Crippen molar-refractivity contribution in [2.75, 3.05) is 5.73 Å². The lowest BCUT2D eigenvalue weighted by Crippen LogP contribution is -1.97. The van der Waals surface area contributed by atoms with Crippen molar-refractivity contribution in [3.63, 3.8) is 0 Å². The highest BCUT2D eigenvalue weighted by Crippen LogP contribution is 2.33. The van der Waals surface area contributed by atoms with Gasteiger partial charge in [-0.05, 0) is 24.3 Å². The molecule has 2 aromatic carbocycles. The molecular formula is C14H10Cl2N4. The van der Waals surface area contributed by atoms with Gasteiger partial charge in [0.05, 0.1) is 15.7 Å². The summed E-state index contributed by atoms with van der Waals surface area (Å²) in [4.78, 5) is 0. The zero-order valence-corrected chi connectivity index (χ0v) is 11.8. The number of nitrogens with two attached hydrogens (primary N) is 1. The van der Waals surface area contributed by atoms with Gasteiger partial charge in [0.25, 0.3) is 0 Å². The Morgan fingerprint density at radius 2 is 1.65 bits per heavy atom. The van der Waals surface area contributed by atoms with Gasteiger partial charge in [0.2, 0.25) is 0 Å². The highest BCUT2D eigenvalue weighted by molar-refractivity contribution is 6.39. The fraction of sp³-hybridized carbons (Fsp3) is 0. The summed E-state index contributed by atoms with van der Waals surface area (Å²) in [6, 6.07) is 13.2. The maximum Gasteiger partial charge on any atom is 0.168 e. The van der Waals surface area contributed by atoms with E-state index >= 15 is 0 Å². The standard InChI is InChI=1S/C14H10Cl2N4/c15-11-6-9(7-12(16)13(11)17)14-19-18-8-20(14)10-4-2-1-3-5-10/h1-8H,17H2. The minimum absolute atomic E-state index is 0.364. The first-order valence-electron chi connectivity index (χ1n) is 5.87. The smallest absolute Gasteiger partial charge is 0.168 e. The first-order valence-corrected chi connectivity index (χ1v) is 6.63. The van der Waals surface area contributed by atoms with Crippen molar-refractivity contribution >= 4 is 28.9 Å². The van der Waals surface area contributed by atoms with Gasteiger partial charge in [0, 0.05) is 11.3 Å². The van der Waals surface area contributed by atoms with Crippen LogP contribution in [0.4, 0.5) is 5.69 Å². The minimum atomic E-state index is 0.364. The van der Waals surface area contributed by atoms with E-state index in [-0.39, 0.29) is 0 Å². The number of nitrogen functional groups attached to an aromatic ring is 1. The number of para-hydroxylation sites is 1. The molecule has 0 bridgehead atoms. The first-order chi connectivity index (χ1) is 9.66. The molecule has 0 unspecified atom stereocenters. The van der Waals surface area contributed by atoms with Crippen LogP contribution >= 0.6 is 23.2 Å². The summed E-state index contributed by atoms with van der Waals surface area (Å²) in [5, 5.41) is 8.88. The number of hydrogen-bond acceptors (Lipinski definition) is 3. The first kappa shape index (κ1) is 13.0. The molecule has 0 aliphatic carbocycles. The second-order valence-electron chi connectivity index (χ2n) is 4.21. The molecule has 0 saturated heterocycles. The molecule has 0 saturated carbocycles. The summed E-state index contributed by atoms with van der Waals surface area (Å²) in [5.41, 5.74) is 7.83. The van der Waals surface area contributed by atoms with Crippen molar-refractivity contribution < 1.29 is 0 Å². The Kier molecular flexibility index (Phi) is 3.34. The maximum absolute atomic E-state index is 6.07. The van der Waals surface area contributed by atoms with Crippen LogP contribution in [0, 0.1) is 0 Å². The molecule has 1 aromatic heterocycles. The monoisotopic (exact) mass is 304 g/mol. The topological polar surface area (TPSA) is 56.7 Å². The molecule has 1 heterocycles. The molecule has 6 heteroatoms. The third kappa shape index (κ3) is 2.24. The summed E-state index contributed by atoms with van der Waals surface area (Å²) in [7, 11) is 0. The third-order valence-corrected chi connectivity index (χ3v) is 3.54. The van der Waals surface area contributed by atoms with Gasteiger partial charge in [-0.2, -0.15) is 0 Å². The number of nitrogens with zero attached hydrogens (tertiary/aromatic N) is 3. The number of halogens is 2. The molecule has 0 aliphatic heterocycles. The van der Waals surface area contributed by atoms with Crippen LogP contribution in [0.2, 0.25) is 10.0 Å². The maximum atomic E-state index is 6.07. The SMILES string of the molecule is Nc1c(Cl)cc(-c2nncn2-c2ccccc2)cc1Cl. The quantitative estimate of drug-likeness (QED) is 0.732. The fourth-order valence-corrected chi connectivity index (χ4v) is 2.41. The third-order valence-electron chi connectivity index (χ3n) is 2.92. The Balaban J connectivity index is 2.15. The zero-order chi connectivity index (χ0) is 14.1. The molecule has 3 aromatic rings. The highest BCUT2D eigenvalue weighted by Gasteiger charge is 2.12. The van der Waals surface area contributed by atoms with Crippen molar-refractivity contribution in [2.24, 2.45) is 0 Å². The van der Waals surface area contributed by atoms with Crippen molar-refractivity contribution in [2.45, 2.75) is 0 Å². The van der Waals surface area contributed by atoms with Crippen molar-refractivity contribution in [3.05, 3.63) is 58.8 Å². The van der Waals surface area contributed by atoms with E-state index in [2.05, 4.69) is 10.2 Å². The molecular weight excluding hydrogens is 295 g/mol. The molecule has 0 aliphatic rings. The Bertz CT molecular complexity index is 730. The van der Waals surface area contributed by atoms with E-state index in [1.807, 2.05) is 34.9 Å². The highest BCUT2D eigenvalue weighted by atomic mass is 35.5. The van der Waals surface area contributed by atoms with E-state index in [1.165, 1.54) is 0 Å². The lowest BCUT2D eigenvalue weighted by molar-refractivity contribution is 1.06. The van der Waals surface area contributed by atoms with Crippen molar-refractivity contribution in [1.29, 1.82) is 0 Å². The normalized spacial score (nSPS) is 10.7. The van der Waals surface area contributed by atoms with Crippen LogP contribution in [0.5, 0.6) is 0 Å². The van der Waals surface area contributed by atoms with Gasteiger partial charge in [0.1, 0.15) is 6.33 Å². The van der Waals surface area contributed by atoms with Gasteiger partial charge in [-0.15, -0.1) is 10.2 Å². The van der Waals surface area contributed by atoms with E-state index in [0.29, 0.717) is 21.6 Å². The van der Waals surface area contributed by atoms with Crippen LogP contribution in [0.15, 0.2) is 48.8 Å². The van der Waals surface area contributed by atoms with E-state index in [9.17, 15) is 0 Å². The summed E-state index contributed by atoms with van der Waals surface area (Å²) in [5.74, 6) is 0.653. The molecule has 2 N–H and O–H groups in total. The second-order valence-corrected chi connectivity index (χ2v) is 5.03. The molecule has 4 nitrogen and oxygen atoms in total. The Morgan fingerprint density at radius 3 is 2.30 bits per heavy atom. The summed E-state index contributed by atoms with van der Waals surface area (Å²) < 4.78 is 1.86. The van der Waals surface area contributed by atoms with E-state index in [1.54, 1.807) is 18.5 Å². The van der Waals surface area contributed by atoms with Crippen LogP contribution in [0.1, 0.15) is 0 Å². The predicted octanol–water partition coefficient (Wildman–Crippen LogP) is 3.82. The lowest BCUT2D eigenvalue weighted by atomic mass is 10.2. The van der Waals surface area contributed by atoms with Crippen LogP contribution < -0.4 is 5.73 Å². The number of rotatable bonds is 2. The average Bonchev–Trinajstić information content (AvgIpc) is 2.94. The van der Waals surface area contributed by atoms with Crippen LogP contribution in [0.25, 0.3) is 17.1 Å². The molecule has 0 fully saturated rings. The van der Waals surface area contributed by atoms with E-state index < -0.39 is 0 Å². The molecule has 3 rings (SSSR count). The molecule has 0 radical (unpaired) electrons. The summed E-state index contributed by atoms with van der Waals surface area (Å²) >= 11 is 12.1. The Morgan fingerprint density at radius 1 is 1.00 bits per heavy atom. The number of hydrogen-bond donors (Lipinski definition) is 1. The molecule has 20 heavy (non-hydrogen) atoms. The number of benzene rings is 2. The number of anilines is 1. The molecule has 0 amide bonds. The minimum Gasteiger partial charge on any atom is -0.396 e. The lowest BCUT2D eigenvalue weighted by Gasteiger charge is -2.08. The van der Waals surface area contributed by atoms with Crippen LogP contribution in [0.3, 0.4) is 0 Å². The van der Waals surface area contributed by atoms with Gasteiger partial charge in [-0.3, -0.25) is 4.57 Å². The molecule has 0 spiro atoms. The van der Waals surface area contributed by atoms with Gasteiger partial charge in [0.15, 0.2) is 5.82 Å². The van der Waals surface area contributed by atoms with Crippen molar-refractivity contribution in [1.82, 2.24) is 14.8 Å². The predicted molar refractivity (Wildman–Crippen MR) is 81.2 cm³/mol. The van der Waals surface area contributed by atoms with Crippen LogP contribution in [-0.4, -0.2) is 14.8 Å². The van der Waals surface area contributed by atoms with Gasteiger partial charge < -0.3 is 5.73 Å². The molecule has 100 valence electrons. The zero-order valence-electron chi connectivity index (χ0n) is 10.3. The summed E-state index contributed by atoms with van der Waals surface area (Å²) in [6.45, 7) is 0. The van der Waals surface area contributed by atoms with Crippen LogP contribution in [-0.2, 0) is 0 Å². The Labute approximate surface area is 125 Å². The van der Waals surface area contributed by atoms with Crippen molar-refractivity contribution in [3.8, 4) is 17.1 Å². The second kappa shape index (κ2) is 5.15. The van der Waals surface area contributed by atoms with Gasteiger partial charge in [-0.1, -0.05) is 41.4 Å². The molecule has 0 atom stereocenters. The van der Waals surface area contributed by atoms with Gasteiger partial charge >= 0.3 is 0 Å². The largest absolute Gasteiger partial charge is 0.396 e.